The quantitative estimate of drug-likeness (QED) is 0.723. The van der Waals surface area contributed by atoms with E-state index in [0.717, 1.165) is 5.56 Å². The number of likely N-dealkylation sites (tertiary alicyclic amines) is 1. The Bertz CT molecular complexity index is 856. The van der Waals surface area contributed by atoms with E-state index in [2.05, 4.69) is 0 Å². The number of hydrogen-bond donors (Lipinski definition) is 0. The molecule has 7 nitrogen and oxygen atoms in total. The van der Waals surface area contributed by atoms with Gasteiger partial charge in [0.1, 0.15) is 0 Å². The molecule has 1 spiro atoms. The van der Waals surface area contributed by atoms with Gasteiger partial charge in [-0.1, -0.05) is 44.2 Å². The van der Waals surface area contributed by atoms with Gasteiger partial charge < -0.3 is 9.80 Å². The van der Waals surface area contributed by atoms with E-state index in [9.17, 15) is 18.0 Å². The number of nitrogens with zero attached hydrogens (tertiary/aromatic N) is 3. The lowest BCUT2D eigenvalue weighted by molar-refractivity contribution is -0.135. The molecule has 0 aliphatic carbocycles. The first kappa shape index (κ1) is 21.8. The summed E-state index contributed by atoms with van der Waals surface area (Å²) in [4.78, 5) is 28.8. The van der Waals surface area contributed by atoms with Crippen LogP contribution in [-0.2, 0) is 25.4 Å². The first-order valence-electron chi connectivity index (χ1n) is 10.2. The molecule has 1 aromatic carbocycles. The van der Waals surface area contributed by atoms with Gasteiger partial charge in [-0.25, -0.2) is 8.42 Å². The summed E-state index contributed by atoms with van der Waals surface area (Å²) < 4.78 is 27.9. The molecule has 0 radical (unpaired) electrons. The van der Waals surface area contributed by atoms with Crippen LogP contribution >= 0.6 is 0 Å². The smallest absolute Gasteiger partial charge is 0.225 e. The number of benzene rings is 1. The second-order valence-corrected chi connectivity index (χ2v) is 10.5. The molecule has 2 aliphatic heterocycles. The van der Waals surface area contributed by atoms with Crippen molar-refractivity contribution in [3.8, 4) is 0 Å². The summed E-state index contributed by atoms with van der Waals surface area (Å²) in [7, 11) is -3.57. The molecule has 2 heterocycles. The van der Waals surface area contributed by atoms with E-state index in [1.165, 1.54) is 4.31 Å². The maximum atomic E-state index is 13.2. The highest BCUT2D eigenvalue weighted by atomic mass is 32.2. The highest BCUT2D eigenvalue weighted by molar-refractivity contribution is 7.88. The van der Waals surface area contributed by atoms with Crippen LogP contribution in [0, 0.1) is 11.3 Å². The van der Waals surface area contributed by atoms with Crippen molar-refractivity contribution in [2.45, 2.75) is 32.9 Å². The Morgan fingerprint density at radius 3 is 2.38 bits per heavy atom. The van der Waals surface area contributed by atoms with Gasteiger partial charge in [-0.05, 0) is 12.5 Å². The summed E-state index contributed by atoms with van der Waals surface area (Å²) in [5.74, 6) is -0.201. The monoisotopic (exact) mass is 421 g/mol. The van der Waals surface area contributed by atoms with E-state index in [0.29, 0.717) is 26.2 Å². The summed E-state index contributed by atoms with van der Waals surface area (Å²) in [5.41, 5.74) is 0.177. The molecular formula is C21H31N3O4S. The van der Waals surface area contributed by atoms with E-state index in [1.54, 1.807) is 21.9 Å². The molecular weight excluding hydrogens is 390 g/mol. The predicted molar refractivity (Wildman–Crippen MR) is 111 cm³/mol. The van der Waals surface area contributed by atoms with Gasteiger partial charge in [0.15, 0.2) is 0 Å². The van der Waals surface area contributed by atoms with Gasteiger partial charge in [0.05, 0.1) is 5.75 Å². The normalized spacial score (nSPS) is 23.8. The fourth-order valence-electron chi connectivity index (χ4n) is 4.37. The molecule has 0 N–H and O–H groups in total. The Balaban J connectivity index is 1.89. The number of rotatable bonds is 5. The highest BCUT2D eigenvalue weighted by Crippen LogP contribution is 2.36. The summed E-state index contributed by atoms with van der Waals surface area (Å²) in [5, 5.41) is 0. The minimum Gasteiger partial charge on any atom is -0.342 e. The topological polar surface area (TPSA) is 78.0 Å². The number of sulfonamides is 1. The van der Waals surface area contributed by atoms with E-state index < -0.39 is 15.4 Å². The van der Waals surface area contributed by atoms with Gasteiger partial charge in [-0.2, -0.15) is 4.31 Å². The van der Waals surface area contributed by atoms with Gasteiger partial charge >= 0.3 is 0 Å². The van der Waals surface area contributed by atoms with Crippen molar-refractivity contribution in [1.29, 1.82) is 0 Å². The molecule has 1 atom stereocenters. The van der Waals surface area contributed by atoms with Crippen LogP contribution in [0.25, 0.3) is 0 Å². The average Bonchev–Trinajstić information content (AvgIpc) is 2.85. The second-order valence-electron chi connectivity index (χ2n) is 8.57. The van der Waals surface area contributed by atoms with Crippen molar-refractivity contribution in [3.05, 3.63) is 35.9 Å². The van der Waals surface area contributed by atoms with Gasteiger partial charge in [-0.15, -0.1) is 0 Å². The molecule has 160 valence electrons. The fourth-order valence-corrected chi connectivity index (χ4v) is 5.99. The molecule has 1 unspecified atom stereocenters. The second kappa shape index (κ2) is 8.44. The SMILES string of the molecule is CCN1CC2(CC1=O)CN(C(=O)C(C)C)CCN(S(=O)(=O)Cc1ccccc1)C2. The summed E-state index contributed by atoms with van der Waals surface area (Å²) >= 11 is 0. The lowest BCUT2D eigenvalue weighted by Gasteiger charge is -2.34. The van der Waals surface area contributed by atoms with Crippen molar-refractivity contribution in [2.75, 3.05) is 39.3 Å². The van der Waals surface area contributed by atoms with Crippen molar-refractivity contribution < 1.29 is 18.0 Å². The Morgan fingerprint density at radius 2 is 1.79 bits per heavy atom. The van der Waals surface area contributed by atoms with Crippen LogP contribution < -0.4 is 0 Å². The van der Waals surface area contributed by atoms with E-state index in [-0.39, 0.29) is 43.0 Å². The Labute approximate surface area is 173 Å². The largest absolute Gasteiger partial charge is 0.342 e. The van der Waals surface area contributed by atoms with E-state index in [4.69, 9.17) is 0 Å². The number of carbonyl (C=O) groups is 2. The van der Waals surface area contributed by atoms with Crippen molar-refractivity contribution in [2.24, 2.45) is 11.3 Å². The molecule has 2 aliphatic rings. The number of hydrogen-bond acceptors (Lipinski definition) is 4. The third kappa shape index (κ3) is 4.80. The molecule has 0 bridgehead atoms. The third-order valence-corrected chi connectivity index (χ3v) is 7.63. The number of carbonyl (C=O) groups excluding carboxylic acids is 2. The maximum Gasteiger partial charge on any atom is 0.225 e. The minimum absolute atomic E-state index is 0.00841. The first-order chi connectivity index (χ1) is 13.7. The van der Waals surface area contributed by atoms with Crippen LogP contribution in [0.1, 0.15) is 32.8 Å². The fraction of sp³-hybridized carbons (Fsp3) is 0.619. The maximum absolute atomic E-state index is 13.2. The molecule has 1 aromatic rings. The summed E-state index contributed by atoms with van der Waals surface area (Å²) in [6.45, 7) is 8.01. The van der Waals surface area contributed by atoms with Crippen LogP contribution in [0.15, 0.2) is 30.3 Å². The van der Waals surface area contributed by atoms with Crippen LogP contribution in [0.2, 0.25) is 0 Å². The first-order valence-corrected chi connectivity index (χ1v) is 11.8. The summed E-state index contributed by atoms with van der Waals surface area (Å²) in [6.07, 6.45) is 0.278. The molecule has 2 amide bonds. The zero-order valence-corrected chi connectivity index (χ0v) is 18.3. The average molecular weight is 422 g/mol. The van der Waals surface area contributed by atoms with Crippen LogP contribution in [0.3, 0.4) is 0 Å². The van der Waals surface area contributed by atoms with Crippen molar-refractivity contribution >= 4 is 21.8 Å². The van der Waals surface area contributed by atoms with E-state index >= 15 is 0 Å². The number of amides is 2. The van der Waals surface area contributed by atoms with Crippen molar-refractivity contribution in [1.82, 2.24) is 14.1 Å². The lowest BCUT2D eigenvalue weighted by Crippen LogP contribution is -2.46. The van der Waals surface area contributed by atoms with Gasteiger partial charge in [-0.3, -0.25) is 9.59 Å². The standard InChI is InChI=1S/C21H31N3O4S/c1-4-22-14-21(12-19(22)25)15-23(20(26)17(2)3)10-11-24(16-21)29(27,28)13-18-8-6-5-7-9-18/h5-9,17H,4,10-16H2,1-3H3. The van der Waals surface area contributed by atoms with Crippen LogP contribution in [-0.4, -0.2) is 73.6 Å². The molecule has 3 rings (SSSR count). The predicted octanol–water partition coefficient (Wildman–Crippen LogP) is 1.56. The van der Waals surface area contributed by atoms with Gasteiger partial charge in [0.2, 0.25) is 21.8 Å². The molecule has 0 saturated carbocycles. The summed E-state index contributed by atoms with van der Waals surface area (Å²) in [6, 6.07) is 9.12. The molecule has 29 heavy (non-hydrogen) atoms. The lowest BCUT2D eigenvalue weighted by atomic mass is 9.86. The Hall–Kier alpha value is -1.93. The van der Waals surface area contributed by atoms with Crippen LogP contribution in [0.5, 0.6) is 0 Å². The molecule has 2 saturated heterocycles. The van der Waals surface area contributed by atoms with Crippen molar-refractivity contribution in [3.63, 3.8) is 0 Å². The zero-order valence-electron chi connectivity index (χ0n) is 17.5. The molecule has 8 heteroatoms. The third-order valence-electron chi connectivity index (χ3n) is 5.84. The Morgan fingerprint density at radius 1 is 1.10 bits per heavy atom. The van der Waals surface area contributed by atoms with E-state index in [1.807, 2.05) is 39.0 Å². The molecule has 0 aromatic heterocycles. The van der Waals surface area contributed by atoms with Gasteiger partial charge in [0, 0.05) is 57.0 Å². The minimum atomic E-state index is -3.57. The van der Waals surface area contributed by atoms with Crippen LogP contribution in [0.4, 0.5) is 0 Å². The highest BCUT2D eigenvalue weighted by Gasteiger charge is 2.48. The zero-order chi connectivity index (χ0) is 21.2. The Kier molecular flexibility index (Phi) is 6.33. The van der Waals surface area contributed by atoms with Gasteiger partial charge in [0.25, 0.3) is 0 Å². The molecule has 2 fully saturated rings.